The smallest absolute Gasteiger partial charge is 0.139 e. The Morgan fingerprint density at radius 3 is 2.57 bits per heavy atom. The molecule has 0 amide bonds. The quantitative estimate of drug-likeness (QED) is 0.385. The summed E-state index contributed by atoms with van der Waals surface area (Å²) in [7, 11) is 0. The van der Waals surface area contributed by atoms with Crippen LogP contribution < -0.4 is 10.1 Å². The van der Waals surface area contributed by atoms with Gasteiger partial charge in [-0.1, -0.05) is 41.4 Å². The fourth-order valence-electron chi connectivity index (χ4n) is 2.71. The minimum absolute atomic E-state index is 0.455. The highest BCUT2D eigenvalue weighted by Crippen LogP contribution is 2.32. The van der Waals surface area contributed by atoms with Crippen LogP contribution in [-0.4, -0.2) is 21.5 Å². The topological polar surface area (TPSA) is 59.9 Å². The SMILES string of the molecule is Clc1ccc(COc2ccc(CCNc3ncnc4scc(Cl)c34)cc2)cn1. The van der Waals surface area contributed by atoms with Gasteiger partial charge in [0.1, 0.15) is 34.5 Å². The highest BCUT2D eigenvalue weighted by molar-refractivity contribution is 7.17. The molecule has 0 aliphatic heterocycles. The zero-order valence-electron chi connectivity index (χ0n) is 14.7. The Balaban J connectivity index is 1.30. The molecule has 8 heteroatoms. The molecule has 0 saturated carbocycles. The van der Waals surface area contributed by atoms with E-state index in [-0.39, 0.29) is 0 Å². The van der Waals surface area contributed by atoms with E-state index < -0.39 is 0 Å². The zero-order valence-corrected chi connectivity index (χ0v) is 17.1. The largest absolute Gasteiger partial charge is 0.489 e. The van der Waals surface area contributed by atoms with Crippen molar-refractivity contribution in [2.45, 2.75) is 13.0 Å². The summed E-state index contributed by atoms with van der Waals surface area (Å²) in [6.45, 7) is 1.20. The first-order valence-electron chi connectivity index (χ1n) is 8.63. The van der Waals surface area contributed by atoms with Gasteiger partial charge in [0.15, 0.2) is 0 Å². The molecule has 3 heterocycles. The molecule has 0 aliphatic carbocycles. The van der Waals surface area contributed by atoms with E-state index in [9.17, 15) is 0 Å². The maximum Gasteiger partial charge on any atom is 0.139 e. The zero-order chi connectivity index (χ0) is 19.3. The summed E-state index contributed by atoms with van der Waals surface area (Å²) < 4.78 is 5.78. The van der Waals surface area contributed by atoms with Gasteiger partial charge in [0.25, 0.3) is 0 Å². The van der Waals surface area contributed by atoms with Crippen molar-refractivity contribution in [2.24, 2.45) is 0 Å². The Hall–Kier alpha value is -2.41. The van der Waals surface area contributed by atoms with E-state index >= 15 is 0 Å². The number of aromatic nitrogens is 3. The number of benzene rings is 1. The van der Waals surface area contributed by atoms with Gasteiger partial charge in [-0.25, -0.2) is 15.0 Å². The predicted octanol–water partition coefficient (Wildman–Crippen LogP) is 5.63. The number of ether oxygens (including phenoxy) is 1. The number of nitrogens with one attached hydrogen (secondary N) is 1. The molecule has 28 heavy (non-hydrogen) atoms. The molecule has 0 saturated heterocycles. The van der Waals surface area contributed by atoms with Crippen LogP contribution in [0.3, 0.4) is 0 Å². The van der Waals surface area contributed by atoms with E-state index in [4.69, 9.17) is 27.9 Å². The van der Waals surface area contributed by atoms with Crippen LogP contribution in [0.25, 0.3) is 10.2 Å². The lowest BCUT2D eigenvalue weighted by atomic mass is 10.1. The maximum absolute atomic E-state index is 6.24. The second-order valence-corrected chi connectivity index (χ2v) is 7.74. The molecule has 142 valence electrons. The molecule has 5 nitrogen and oxygen atoms in total. The number of fused-ring (bicyclic) bond motifs is 1. The number of rotatable bonds is 7. The Kier molecular flexibility index (Phi) is 5.90. The summed E-state index contributed by atoms with van der Waals surface area (Å²) in [6, 6.07) is 11.7. The number of anilines is 1. The summed E-state index contributed by atoms with van der Waals surface area (Å²) in [5, 5.41) is 7.27. The number of nitrogens with zero attached hydrogens (tertiary/aromatic N) is 3. The summed E-state index contributed by atoms with van der Waals surface area (Å²) in [6.07, 6.45) is 4.13. The molecule has 0 fully saturated rings. The first kappa shape index (κ1) is 18.9. The maximum atomic E-state index is 6.24. The molecular weight excluding hydrogens is 415 g/mol. The van der Waals surface area contributed by atoms with E-state index in [1.807, 2.05) is 23.6 Å². The van der Waals surface area contributed by atoms with Gasteiger partial charge in [0.05, 0.1) is 10.4 Å². The molecule has 1 aromatic carbocycles. The normalized spacial score (nSPS) is 10.9. The Bertz CT molecular complexity index is 1070. The minimum Gasteiger partial charge on any atom is -0.489 e. The van der Waals surface area contributed by atoms with Gasteiger partial charge >= 0.3 is 0 Å². The van der Waals surface area contributed by atoms with Crippen LogP contribution in [-0.2, 0) is 13.0 Å². The molecule has 4 rings (SSSR count). The summed E-state index contributed by atoms with van der Waals surface area (Å²) >= 11 is 13.5. The summed E-state index contributed by atoms with van der Waals surface area (Å²) in [5.74, 6) is 1.59. The van der Waals surface area contributed by atoms with Crippen molar-refractivity contribution >= 4 is 50.6 Å². The van der Waals surface area contributed by atoms with Crippen molar-refractivity contribution in [3.8, 4) is 5.75 Å². The second kappa shape index (κ2) is 8.73. The van der Waals surface area contributed by atoms with Crippen LogP contribution in [0, 0.1) is 0 Å². The fourth-order valence-corrected chi connectivity index (χ4v) is 3.96. The molecule has 0 aliphatic rings. The van der Waals surface area contributed by atoms with Gasteiger partial charge in [-0.3, -0.25) is 0 Å². The van der Waals surface area contributed by atoms with Crippen LogP contribution >= 0.6 is 34.5 Å². The van der Waals surface area contributed by atoms with E-state index in [2.05, 4.69) is 32.4 Å². The van der Waals surface area contributed by atoms with Gasteiger partial charge in [-0.15, -0.1) is 11.3 Å². The number of pyridine rings is 1. The van der Waals surface area contributed by atoms with Gasteiger partial charge in [0, 0.05) is 23.7 Å². The van der Waals surface area contributed by atoms with Crippen LogP contribution in [0.1, 0.15) is 11.1 Å². The van der Waals surface area contributed by atoms with E-state index in [1.165, 1.54) is 16.9 Å². The predicted molar refractivity (Wildman–Crippen MR) is 115 cm³/mol. The highest BCUT2D eigenvalue weighted by Gasteiger charge is 2.09. The first-order chi connectivity index (χ1) is 13.7. The lowest BCUT2D eigenvalue weighted by molar-refractivity contribution is 0.305. The van der Waals surface area contributed by atoms with Crippen molar-refractivity contribution in [1.82, 2.24) is 15.0 Å². The van der Waals surface area contributed by atoms with Crippen LogP contribution in [0.4, 0.5) is 5.82 Å². The molecule has 0 atom stereocenters. The molecule has 0 spiro atoms. The van der Waals surface area contributed by atoms with Crippen LogP contribution in [0.15, 0.2) is 54.3 Å². The average molecular weight is 431 g/mol. The van der Waals surface area contributed by atoms with Gasteiger partial charge in [0.2, 0.25) is 0 Å². The molecule has 3 aromatic heterocycles. The third-order valence-electron chi connectivity index (χ3n) is 4.15. The third kappa shape index (κ3) is 4.52. The second-order valence-electron chi connectivity index (χ2n) is 6.08. The lowest BCUT2D eigenvalue weighted by Gasteiger charge is -2.09. The first-order valence-corrected chi connectivity index (χ1v) is 10.3. The molecule has 0 bridgehead atoms. The molecule has 0 radical (unpaired) electrons. The Morgan fingerprint density at radius 1 is 0.964 bits per heavy atom. The van der Waals surface area contributed by atoms with Crippen LogP contribution in [0.2, 0.25) is 10.2 Å². The van der Waals surface area contributed by atoms with Gasteiger partial charge in [-0.2, -0.15) is 0 Å². The number of thiophene rings is 1. The Morgan fingerprint density at radius 2 is 1.79 bits per heavy atom. The molecular formula is C20H16Cl2N4OS. The van der Waals surface area contributed by atoms with Gasteiger partial charge in [-0.05, 0) is 30.2 Å². The number of halogens is 2. The van der Waals surface area contributed by atoms with Crippen molar-refractivity contribution < 1.29 is 4.74 Å². The van der Waals surface area contributed by atoms with Gasteiger partial charge < -0.3 is 10.1 Å². The standard InChI is InChI=1S/C20H16Cl2N4OS/c21-16-11-28-20-18(16)19(25-12-26-20)23-8-7-13-1-4-15(5-2-13)27-10-14-3-6-17(22)24-9-14/h1-6,9,11-12H,7-8,10H2,(H,23,25,26). The van der Waals surface area contributed by atoms with Crippen molar-refractivity contribution in [1.29, 1.82) is 0 Å². The highest BCUT2D eigenvalue weighted by atomic mass is 35.5. The molecule has 0 unspecified atom stereocenters. The Labute approximate surface area is 176 Å². The van der Waals surface area contributed by atoms with E-state index in [0.29, 0.717) is 16.8 Å². The molecule has 4 aromatic rings. The van der Waals surface area contributed by atoms with E-state index in [1.54, 1.807) is 18.6 Å². The summed E-state index contributed by atoms with van der Waals surface area (Å²) in [4.78, 5) is 13.5. The number of hydrogen-bond acceptors (Lipinski definition) is 6. The molecule has 1 N–H and O–H groups in total. The van der Waals surface area contributed by atoms with Crippen molar-refractivity contribution in [2.75, 3.05) is 11.9 Å². The van der Waals surface area contributed by atoms with Crippen molar-refractivity contribution in [3.05, 3.63) is 75.6 Å². The average Bonchev–Trinajstić information content (AvgIpc) is 3.10. The minimum atomic E-state index is 0.455. The fraction of sp³-hybridized carbons (Fsp3) is 0.150. The number of hydrogen-bond donors (Lipinski definition) is 1. The third-order valence-corrected chi connectivity index (χ3v) is 5.69. The van der Waals surface area contributed by atoms with Crippen molar-refractivity contribution in [3.63, 3.8) is 0 Å². The van der Waals surface area contributed by atoms with Crippen LogP contribution in [0.5, 0.6) is 5.75 Å². The summed E-state index contributed by atoms with van der Waals surface area (Å²) in [5.41, 5.74) is 2.18. The van der Waals surface area contributed by atoms with E-state index in [0.717, 1.165) is 40.3 Å². The lowest BCUT2D eigenvalue weighted by Crippen LogP contribution is -2.06. The monoisotopic (exact) mass is 430 g/mol.